The van der Waals surface area contributed by atoms with E-state index in [-0.39, 0.29) is 12.2 Å². The Hall–Kier alpha value is -3.06. The fourth-order valence-corrected chi connectivity index (χ4v) is 2.46. The molecule has 1 aliphatic rings. The van der Waals surface area contributed by atoms with Crippen molar-refractivity contribution in [2.75, 3.05) is 4.90 Å². The van der Waals surface area contributed by atoms with E-state index >= 15 is 0 Å². The van der Waals surface area contributed by atoms with Gasteiger partial charge in [-0.3, -0.25) is 9.69 Å². The minimum Gasteiger partial charge on any atom is -0.410 e. The standard InChI is InChI=1S/C18H13NO3/c1-2-13-12-17(20)15-10-6-7-11-16(15)19(13)18(21)22-14-8-4-3-5-9-14/h1,3-11,13H,12H2. The van der Waals surface area contributed by atoms with Gasteiger partial charge in [-0.05, 0) is 24.3 Å². The molecular formula is C18H13NO3. The number of terminal acetylenes is 1. The van der Waals surface area contributed by atoms with Gasteiger partial charge in [0, 0.05) is 12.0 Å². The molecule has 1 unspecified atom stereocenters. The van der Waals surface area contributed by atoms with Crippen LogP contribution in [0.1, 0.15) is 16.8 Å². The van der Waals surface area contributed by atoms with Crippen LogP contribution in [-0.2, 0) is 0 Å². The molecule has 2 aromatic rings. The number of hydrogen-bond donors (Lipinski definition) is 0. The fraction of sp³-hybridized carbons (Fsp3) is 0.111. The molecule has 0 N–H and O–H groups in total. The van der Waals surface area contributed by atoms with Crippen LogP contribution >= 0.6 is 0 Å². The van der Waals surface area contributed by atoms with Crippen molar-refractivity contribution >= 4 is 17.6 Å². The highest BCUT2D eigenvalue weighted by atomic mass is 16.6. The van der Waals surface area contributed by atoms with Crippen molar-refractivity contribution in [2.24, 2.45) is 0 Å². The Morgan fingerprint density at radius 3 is 2.55 bits per heavy atom. The Morgan fingerprint density at radius 1 is 1.14 bits per heavy atom. The largest absolute Gasteiger partial charge is 0.420 e. The Labute approximate surface area is 128 Å². The fourth-order valence-electron chi connectivity index (χ4n) is 2.46. The van der Waals surface area contributed by atoms with Crippen molar-refractivity contribution in [1.82, 2.24) is 0 Å². The van der Waals surface area contributed by atoms with Gasteiger partial charge < -0.3 is 4.74 Å². The molecule has 0 spiro atoms. The Morgan fingerprint density at radius 2 is 1.82 bits per heavy atom. The van der Waals surface area contributed by atoms with Gasteiger partial charge in [0.25, 0.3) is 0 Å². The molecule has 0 aromatic heterocycles. The van der Waals surface area contributed by atoms with Crippen molar-refractivity contribution in [3.8, 4) is 18.1 Å². The number of ether oxygens (including phenoxy) is 1. The number of ketones is 1. The van der Waals surface area contributed by atoms with Crippen molar-refractivity contribution < 1.29 is 14.3 Å². The lowest BCUT2D eigenvalue weighted by atomic mass is 9.95. The molecule has 1 heterocycles. The van der Waals surface area contributed by atoms with E-state index in [1.54, 1.807) is 48.5 Å². The van der Waals surface area contributed by atoms with E-state index in [1.807, 2.05) is 6.07 Å². The topological polar surface area (TPSA) is 46.6 Å². The molecule has 0 bridgehead atoms. The smallest absolute Gasteiger partial charge is 0.410 e. The first-order chi connectivity index (χ1) is 10.7. The van der Waals surface area contributed by atoms with Crippen LogP contribution in [0.2, 0.25) is 0 Å². The molecule has 1 aliphatic heterocycles. The molecule has 1 amide bonds. The molecular weight excluding hydrogens is 278 g/mol. The number of hydrogen-bond acceptors (Lipinski definition) is 3. The lowest BCUT2D eigenvalue weighted by molar-refractivity contribution is 0.0973. The Kier molecular flexibility index (Phi) is 3.63. The molecule has 22 heavy (non-hydrogen) atoms. The summed E-state index contributed by atoms with van der Waals surface area (Å²) in [6.07, 6.45) is 5.00. The first kappa shape index (κ1) is 13.9. The Bertz CT molecular complexity index is 761. The van der Waals surface area contributed by atoms with Crippen LogP contribution in [0.3, 0.4) is 0 Å². The first-order valence-electron chi connectivity index (χ1n) is 6.85. The molecule has 3 rings (SSSR count). The van der Waals surface area contributed by atoms with Crippen molar-refractivity contribution in [3.63, 3.8) is 0 Å². The summed E-state index contributed by atoms with van der Waals surface area (Å²) < 4.78 is 5.36. The van der Waals surface area contributed by atoms with E-state index < -0.39 is 12.1 Å². The van der Waals surface area contributed by atoms with Gasteiger partial charge in [0.05, 0.1) is 5.69 Å². The van der Waals surface area contributed by atoms with Crippen molar-refractivity contribution in [1.29, 1.82) is 0 Å². The minimum atomic E-state index is -0.640. The van der Waals surface area contributed by atoms with Gasteiger partial charge in [0.1, 0.15) is 11.8 Å². The molecule has 4 heteroatoms. The van der Waals surface area contributed by atoms with E-state index in [4.69, 9.17) is 11.2 Å². The quantitative estimate of drug-likeness (QED) is 0.757. The number of carbonyl (C=O) groups is 2. The zero-order valence-electron chi connectivity index (χ0n) is 11.7. The van der Waals surface area contributed by atoms with E-state index in [1.165, 1.54) is 4.90 Å². The second kappa shape index (κ2) is 5.74. The summed E-state index contributed by atoms with van der Waals surface area (Å²) >= 11 is 0. The normalized spacial score (nSPS) is 16.6. The number of para-hydroxylation sites is 2. The molecule has 0 fully saturated rings. The minimum absolute atomic E-state index is 0.0673. The van der Waals surface area contributed by atoms with E-state index in [9.17, 15) is 9.59 Å². The predicted molar refractivity (Wildman–Crippen MR) is 83.0 cm³/mol. The third-order valence-electron chi connectivity index (χ3n) is 3.49. The summed E-state index contributed by atoms with van der Waals surface area (Å²) in [5.41, 5.74) is 0.974. The number of carbonyl (C=O) groups excluding carboxylic acids is 2. The molecule has 2 aromatic carbocycles. The second-order valence-corrected chi connectivity index (χ2v) is 4.88. The first-order valence-corrected chi connectivity index (χ1v) is 6.85. The van der Waals surface area contributed by atoms with Crippen LogP contribution in [0.25, 0.3) is 0 Å². The maximum atomic E-state index is 12.5. The molecule has 4 nitrogen and oxygen atoms in total. The zero-order valence-corrected chi connectivity index (χ0v) is 11.7. The highest BCUT2D eigenvalue weighted by molar-refractivity contribution is 6.09. The van der Waals surface area contributed by atoms with Crippen LogP contribution in [0, 0.1) is 12.3 Å². The van der Waals surface area contributed by atoms with Crippen LogP contribution in [0.4, 0.5) is 10.5 Å². The maximum Gasteiger partial charge on any atom is 0.420 e. The number of Topliss-reactive ketones (excluding diaryl/α,β-unsaturated/α-hetero) is 1. The number of anilines is 1. The Balaban J connectivity index is 1.97. The molecule has 0 saturated carbocycles. The van der Waals surface area contributed by atoms with Crippen LogP contribution in [-0.4, -0.2) is 17.9 Å². The van der Waals surface area contributed by atoms with Gasteiger partial charge in [-0.25, -0.2) is 4.79 Å². The SMILES string of the molecule is C#CC1CC(=O)c2ccccc2N1C(=O)Oc1ccccc1. The summed E-state index contributed by atoms with van der Waals surface area (Å²) in [5, 5.41) is 0. The second-order valence-electron chi connectivity index (χ2n) is 4.88. The van der Waals surface area contributed by atoms with Crippen LogP contribution in [0.5, 0.6) is 5.75 Å². The number of amides is 1. The lowest BCUT2D eigenvalue weighted by Gasteiger charge is -2.32. The van der Waals surface area contributed by atoms with Crippen molar-refractivity contribution in [2.45, 2.75) is 12.5 Å². The summed E-state index contributed by atoms with van der Waals surface area (Å²) in [5.74, 6) is 2.86. The molecule has 0 aliphatic carbocycles. The summed E-state index contributed by atoms with van der Waals surface area (Å²) in [7, 11) is 0. The average molecular weight is 291 g/mol. The average Bonchev–Trinajstić information content (AvgIpc) is 2.55. The highest BCUT2D eigenvalue weighted by Gasteiger charge is 2.35. The zero-order chi connectivity index (χ0) is 15.5. The van der Waals surface area contributed by atoms with Crippen LogP contribution in [0.15, 0.2) is 54.6 Å². The van der Waals surface area contributed by atoms with Gasteiger partial charge in [0.15, 0.2) is 5.78 Å². The van der Waals surface area contributed by atoms with E-state index in [0.717, 1.165) is 0 Å². The lowest BCUT2D eigenvalue weighted by Crippen LogP contribution is -2.46. The van der Waals surface area contributed by atoms with Crippen LogP contribution < -0.4 is 9.64 Å². The number of fused-ring (bicyclic) bond motifs is 1. The molecule has 1 atom stereocenters. The summed E-state index contributed by atoms with van der Waals surface area (Å²) in [6.45, 7) is 0. The molecule has 0 radical (unpaired) electrons. The predicted octanol–water partition coefficient (Wildman–Crippen LogP) is 3.28. The van der Waals surface area contributed by atoms with E-state index in [0.29, 0.717) is 17.0 Å². The van der Waals surface area contributed by atoms with Gasteiger partial charge >= 0.3 is 6.09 Å². The maximum absolute atomic E-state index is 12.5. The summed E-state index contributed by atoms with van der Waals surface area (Å²) in [4.78, 5) is 26.0. The highest BCUT2D eigenvalue weighted by Crippen LogP contribution is 2.31. The van der Waals surface area contributed by atoms with Gasteiger partial charge in [-0.1, -0.05) is 36.3 Å². The van der Waals surface area contributed by atoms with Gasteiger partial charge in [0.2, 0.25) is 0 Å². The number of benzene rings is 2. The van der Waals surface area contributed by atoms with Crippen molar-refractivity contribution in [3.05, 3.63) is 60.2 Å². The third kappa shape index (κ3) is 2.45. The number of rotatable bonds is 1. The molecule has 0 saturated heterocycles. The van der Waals surface area contributed by atoms with E-state index in [2.05, 4.69) is 5.92 Å². The third-order valence-corrected chi connectivity index (χ3v) is 3.49. The van der Waals surface area contributed by atoms with Gasteiger partial charge in [-0.15, -0.1) is 6.42 Å². The molecule has 108 valence electrons. The monoisotopic (exact) mass is 291 g/mol. The number of nitrogens with zero attached hydrogens (tertiary/aromatic N) is 1. The van der Waals surface area contributed by atoms with Gasteiger partial charge in [-0.2, -0.15) is 0 Å². The summed E-state index contributed by atoms with van der Waals surface area (Å²) in [6, 6.07) is 15.0.